The van der Waals surface area contributed by atoms with E-state index in [1.165, 1.54) is 0 Å². The van der Waals surface area contributed by atoms with Crippen molar-refractivity contribution >= 4 is 7.37 Å². The predicted octanol–water partition coefficient (Wildman–Crippen LogP) is 4.62. The van der Waals surface area contributed by atoms with Crippen LogP contribution in [0.5, 0.6) is 0 Å². The molecule has 0 amide bonds. The fraction of sp³-hybridized carbons (Fsp3) is 1.00. The summed E-state index contributed by atoms with van der Waals surface area (Å²) in [5, 5.41) is 0. The van der Waals surface area contributed by atoms with Crippen LogP contribution in [0.2, 0.25) is 0 Å². The first-order valence-electron chi connectivity index (χ1n) is 6.74. The van der Waals surface area contributed by atoms with Gasteiger partial charge in [0.15, 0.2) is 0 Å². The molecule has 1 N–H and O–H groups in total. The molecule has 104 valence electrons. The highest BCUT2D eigenvalue weighted by atomic mass is 31.2. The lowest BCUT2D eigenvalue weighted by molar-refractivity contribution is 0.316. The molecule has 0 heterocycles. The van der Waals surface area contributed by atoms with E-state index in [1.807, 2.05) is 0 Å². The van der Waals surface area contributed by atoms with Gasteiger partial charge in [0.25, 0.3) is 0 Å². The summed E-state index contributed by atoms with van der Waals surface area (Å²) in [4.78, 5) is 10.1. The smallest absolute Gasteiger partial charge is 0.201 e. The van der Waals surface area contributed by atoms with Gasteiger partial charge in [-0.2, -0.15) is 0 Å². The molecule has 0 rings (SSSR count). The zero-order valence-electron chi connectivity index (χ0n) is 12.7. The summed E-state index contributed by atoms with van der Waals surface area (Å²) in [6.45, 7) is 14.9. The van der Waals surface area contributed by atoms with Crippen LogP contribution in [0.4, 0.5) is 0 Å². The highest BCUT2D eigenvalue weighted by molar-refractivity contribution is 7.58. The highest BCUT2D eigenvalue weighted by Crippen LogP contribution is 2.46. The van der Waals surface area contributed by atoms with Crippen molar-refractivity contribution in [2.75, 3.05) is 12.3 Å². The molecule has 0 aliphatic heterocycles. The Kier molecular flexibility index (Phi) is 6.46. The molecule has 3 unspecified atom stereocenters. The van der Waals surface area contributed by atoms with E-state index in [4.69, 9.17) is 0 Å². The first-order valence-corrected chi connectivity index (χ1v) is 8.77. The van der Waals surface area contributed by atoms with Gasteiger partial charge in [-0.1, -0.05) is 48.5 Å². The Morgan fingerprint density at radius 3 is 1.88 bits per heavy atom. The van der Waals surface area contributed by atoms with Crippen molar-refractivity contribution in [2.45, 2.75) is 54.9 Å². The largest absolute Gasteiger partial charge is 0.344 e. The Labute approximate surface area is 108 Å². The van der Waals surface area contributed by atoms with E-state index < -0.39 is 7.37 Å². The van der Waals surface area contributed by atoms with Crippen molar-refractivity contribution in [2.24, 2.45) is 23.2 Å². The molecule has 3 atom stereocenters. The van der Waals surface area contributed by atoms with Crippen LogP contribution < -0.4 is 0 Å². The van der Waals surface area contributed by atoms with Crippen molar-refractivity contribution in [3.8, 4) is 0 Å². The van der Waals surface area contributed by atoms with Crippen LogP contribution in [0.1, 0.15) is 54.9 Å². The fourth-order valence-electron chi connectivity index (χ4n) is 2.33. The van der Waals surface area contributed by atoms with Gasteiger partial charge >= 0.3 is 0 Å². The summed E-state index contributed by atoms with van der Waals surface area (Å²) in [7, 11) is -2.94. The minimum atomic E-state index is -2.94. The SMILES string of the molecule is CC(CC(C)(C)C)CP(=O)(O)CC(C)C(C)C. The van der Waals surface area contributed by atoms with Crippen molar-refractivity contribution in [1.82, 2.24) is 0 Å². The van der Waals surface area contributed by atoms with Gasteiger partial charge in [-0.05, 0) is 29.6 Å². The molecular formula is C14H31O2P. The first kappa shape index (κ1) is 17.2. The molecule has 3 heteroatoms. The van der Waals surface area contributed by atoms with Crippen LogP contribution in [0.3, 0.4) is 0 Å². The van der Waals surface area contributed by atoms with Gasteiger partial charge in [0.1, 0.15) is 0 Å². The van der Waals surface area contributed by atoms with E-state index in [0.717, 1.165) is 6.42 Å². The highest BCUT2D eigenvalue weighted by Gasteiger charge is 2.27. The Balaban J connectivity index is 4.30. The monoisotopic (exact) mass is 262 g/mol. The molecule has 0 fully saturated rings. The number of hydrogen-bond acceptors (Lipinski definition) is 1. The molecule has 0 radical (unpaired) electrons. The van der Waals surface area contributed by atoms with E-state index >= 15 is 0 Å². The second-order valence-corrected chi connectivity index (χ2v) is 9.73. The van der Waals surface area contributed by atoms with Crippen molar-refractivity contribution in [3.63, 3.8) is 0 Å². The summed E-state index contributed by atoms with van der Waals surface area (Å²) in [5.74, 6) is 1.13. The van der Waals surface area contributed by atoms with Gasteiger partial charge in [0.2, 0.25) is 7.37 Å². The Bertz CT molecular complexity index is 266. The van der Waals surface area contributed by atoms with E-state index in [9.17, 15) is 9.46 Å². The molecule has 0 saturated carbocycles. The summed E-state index contributed by atoms with van der Waals surface area (Å²) >= 11 is 0. The van der Waals surface area contributed by atoms with Crippen LogP contribution in [0.25, 0.3) is 0 Å². The zero-order valence-corrected chi connectivity index (χ0v) is 13.6. The molecule has 0 spiro atoms. The predicted molar refractivity (Wildman–Crippen MR) is 76.8 cm³/mol. The van der Waals surface area contributed by atoms with Crippen LogP contribution in [0.15, 0.2) is 0 Å². The van der Waals surface area contributed by atoms with Crippen LogP contribution in [0, 0.1) is 23.2 Å². The molecule has 0 aromatic rings. The molecule has 0 aliphatic rings. The zero-order chi connectivity index (χ0) is 13.9. The molecule has 0 saturated heterocycles. The van der Waals surface area contributed by atoms with Gasteiger partial charge in [0.05, 0.1) is 0 Å². The number of rotatable bonds is 6. The fourth-order valence-corrected chi connectivity index (χ4v) is 4.91. The van der Waals surface area contributed by atoms with E-state index in [0.29, 0.717) is 30.1 Å². The van der Waals surface area contributed by atoms with Gasteiger partial charge in [0, 0.05) is 12.3 Å². The topological polar surface area (TPSA) is 37.3 Å². The van der Waals surface area contributed by atoms with E-state index in [2.05, 4.69) is 48.5 Å². The number of hydrogen-bond donors (Lipinski definition) is 1. The summed E-state index contributed by atoms with van der Waals surface area (Å²) in [6.07, 6.45) is 1.95. The summed E-state index contributed by atoms with van der Waals surface area (Å²) in [6, 6.07) is 0. The average Bonchev–Trinajstić information content (AvgIpc) is 1.96. The normalized spacial score (nSPS) is 20.1. The second kappa shape index (κ2) is 6.38. The van der Waals surface area contributed by atoms with Gasteiger partial charge < -0.3 is 4.89 Å². The third-order valence-electron chi connectivity index (χ3n) is 3.27. The lowest BCUT2D eigenvalue weighted by Crippen LogP contribution is -2.17. The van der Waals surface area contributed by atoms with E-state index in [1.54, 1.807) is 0 Å². The van der Waals surface area contributed by atoms with Crippen LogP contribution >= 0.6 is 7.37 Å². The third-order valence-corrected chi connectivity index (χ3v) is 5.61. The van der Waals surface area contributed by atoms with Crippen molar-refractivity contribution in [1.29, 1.82) is 0 Å². The Hall–Kier alpha value is 0.190. The van der Waals surface area contributed by atoms with Gasteiger partial charge in [-0.25, -0.2) is 0 Å². The standard InChI is InChI=1S/C14H31O2P/c1-11(2)13(4)10-17(15,16)9-12(3)8-14(5,6)7/h11-13H,8-10H2,1-7H3,(H,15,16). The third kappa shape index (κ3) is 8.85. The molecular weight excluding hydrogens is 231 g/mol. The molecule has 2 nitrogen and oxygen atoms in total. The summed E-state index contributed by atoms with van der Waals surface area (Å²) in [5.41, 5.74) is 0.239. The maximum Gasteiger partial charge on any atom is 0.201 e. The van der Waals surface area contributed by atoms with Gasteiger partial charge in [-0.3, -0.25) is 4.57 Å². The van der Waals surface area contributed by atoms with Crippen LogP contribution in [-0.4, -0.2) is 17.2 Å². The average molecular weight is 262 g/mol. The maximum absolute atomic E-state index is 12.2. The van der Waals surface area contributed by atoms with Crippen molar-refractivity contribution < 1.29 is 9.46 Å². The molecule has 0 aliphatic carbocycles. The molecule has 17 heavy (non-hydrogen) atoms. The van der Waals surface area contributed by atoms with Gasteiger partial charge in [-0.15, -0.1) is 0 Å². The first-order chi connectivity index (χ1) is 7.43. The summed E-state index contributed by atoms with van der Waals surface area (Å²) < 4.78 is 12.2. The minimum Gasteiger partial charge on any atom is -0.344 e. The minimum absolute atomic E-state index is 0.239. The Morgan fingerprint density at radius 2 is 1.53 bits per heavy atom. The van der Waals surface area contributed by atoms with Crippen LogP contribution in [-0.2, 0) is 4.57 Å². The molecule has 0 aromatic carbocycles. The Morgan fingerprint density at radius 1 is 1.06 bits per heavy atom. The molecule has 0 aromatic heterocycles. The molecule has 0 bridgehead atoms. The lowest BCUT2D eigenvalue weighted by atomic mass is 9.86. The quantitative estimate of drug-likeness (QED) is 0.709. The van der Waals surface area contributed by atoms with Crippen molar-refractivity contribution in [3.05, 3.63) is 0 Å². The lowest BCUT2D eigenvalue weighted by Gasteiger charge is -2.26. The maximum atomic E-state index is 12.2. The second-order valence-electron chi connectivity index (χ2n) is 7.30. The van der Waals surface area contributed by atoms with E-state index in [-0.39, 0.29) is 5.41 Å².